The molecule has 0 unspecified atom stereocenters. The van der Waals surface area contributed by atoms with E-state index in [0.717, 1.165) is 6.42 Å². The van der Waals surface area contributed by atoms with E-state index in [1.165, 1.54) is 0 Å². The molecule has 0 bridgehead atoms. The van der Waals surface area contributed by atoms with Crippen LogP contribution in [0.5, 0.6) is 5.75 Å². The Morgan fingerprint density at radius 2 is 1.48 bits per heavy atom. The van der Waals surface area contributed by atoms with Crippen LogP contribution in [0.3, 0.4) is 0 Å². The van der Waals surface area contributed by atoms with E-state index in [4.69, 9.17) is 4.74 Å². The Balaban J connectivity index is 1.86. The second-order valence-electron chi connectivity index (χ2n) is 8.19. The average Bonchev–Trinajstić information content (AvgIpc) is 2.71. The summed E-state index contributed by atoms with van der Waals surface area (Å²) in [5, 5.41) is 2.78. The molecular formula is C24H31N3O4. The second kappa shape index (κ2) is 11.7. The number of ether oxygens (including phenoxy) is 1. The van der Waals surface area contributed by atoms with Crippen molar-refractivity contribution in [2.24, 2.45) is 11.8 Å². The Morgan fingerprint density at radius 3 is 2.10 bits per heavy atom. The third kappa shape index (κ3) is 8.50. The van der Waals surface area contributed by atoms with Gasteiger partial charge >= 0.3 is 0 Å². The van der Waals surface area contributed by atoms with Crippen LogP contribution in [0.4, 0.5) is 5.69 Å². The predicted molar refractivity (Wildman–Crippen MR) is 121 cm³/mol. The first-order valence-corrected chi connectivity index (χ1v) is 10.5. The molecule has 166 valence electrons. The lowest BCUT2D eigenvalue weighted by Crippen LogP contribution is -2.41. The van der Waals surface area contributed by atoms with E-state index in [0.29, 0.717) is 41.5 Å². The van der Waals surface area contributed by atoms with Crippen molar-refractivity contribution >= 4 is 23.4 Å². The number of benzene rings is 2. The molecule has 0 radical (unpaired) electrons. The highest BCUT2D eigenvalue weighted by Gasteiger charge is 2.11. The molecule has 2 aromatic rings. The Bertz CT molecular complexity index is 892. The van der Waals surface area contributed by atoms with Crippen molar-refractivity contribution in [3.63, 3.8) is 0 Å². The molecule has 7 heteroatoms. The summed E-state index contributed by atoms with van der Waals surface area (Å²) >= 11 is 0. The maximum absolute atomic E-state index is 12.3. The molecule has 0 fully saturated rings. The minimum absolute atomic E-state index is 0.0742. The van der Waals surface area contributed by atoms with E-state index in [2.05, 4.69) is 30.0 Å². The van der Waals surface area contributed by atoms with Gasteiger partial charge in [-0.05, 0) is 60.7 Å². The molecule has 0 saturated heterocycles. The van der Waals surface area contributed by atoms with Crippen LogP contribution < -0.4 is 20.9 Å². The summed E-state index contributed by atoms with van der Waals surface area (Å²) < 4.78 is 5.66. The van der Waals surface area contributed by atoms with E-state index in [-0.39, 0.29) is 11.8 Å². The molecule has 2 aromatic carbocycles. The molecule has 3 amide bonds. The third-order valence-corrected chi connectivity index (χ3v) is 4.37. The molecule has 0 aliphatic heterocycles. The topological polar surface area (TPSA) is 96.5 Å². The van der Waals surface area contributed by atoms with Gasteiger partial charge in [0.2, 0.25) is 5.91 Å². The first-order chi connectivity index (χ1) is 14.7. The van der Waals surface area contributed by atoms with Crippen molar-refractivity contribution in [2.75, 3.05) is 11.9 Å². The molecule has 2 rings (SSSR count). The van der Waals surface area contributed by atoms with Gasteiger partial charge in [-0.1, -0.05) is 33.8 Å². The molecule has 0 aromatic heterocycles. The maximum Gasteiger partial charge on any atom is 0.269 e. The van der Waals surface area contributed by atoms with Gasteiger partial charge in [-0.25, -0.2) is 0 Å². The van der Waals surface area contributed by atoms with Crippen molar-refractivity contribution in [1.82, 2.24) is 10.9 Å². The number of nitrogens with one attached hydrogen (secondary N) is 3. The fourth-order valence-electron chi connectivity index (χ4n) is 2.69. The Labute approximate surface area is 183 Å². The molecule has 3 N–H and O–H groups in total. The lowest BCUT2D eigenvalue weighted by molar-refractivity contribution is -0.116. The SMILES string of the molecule is CC(C)CCOc1cccc(C(=O)NNC(=O)c2ccc(NC(=O)CC(C)C)cc2)c1. The Morgan fingerprint density at radius 1 is 0.839 bits per heavy atom. The van der Waals surface area contributed by atoms with Crippen LogP contribution in [0, 0.1) is 11.8 Å². The molecule has 0 heterocycles. The molecule has 0 aliphatic rings. The van der Waals surface area contributed by atoms with Crippen molar-refractivity contribution < 1.29 is 19.1 Å². The summed E-state index contributed by atoms with van der Waals surface area (Å²) in [6, 6.07) is 13.2. The largest absolute Gasteiger partial charge is 0.494 e. The van der Waals surface area contributed by atoms with Gasteiger partial charge in [-0.2, -0.15) is 0 Å². The third-order valence-electron chi connectivity index (χ3n) is 4.37. The molecule has 0 atom stereocenters. The second-order valence-corrected chi connectivity index (χ2v) is 8.19. The number of hydrogen-bond acceptors (Lipinski definition) is 4. The number of rotatable bonds is 9. The fourth-order valence-corrected chi connectivity index (χ4v) is 2.69. The summed E-state index contributed by atoms with van der Waals surface area (Å²) in [6.07, 6.45) is 1.35. The monoisotopic (exact) mass is 425 g/mol. The highest BCUT2D eigenvalue weighted by atomic mass is 16.5. The molecule has 0 aliphatic carbocycles. The minimum Gasteiger partial charge on any atom is -0.494 e. The van der Waals surface area contributed by atoms with Crippen molar-refractivity contribution in [3.05, 3.63) is 59.7 Å². The van der Waals surface area contributed by atoms with Gasteiger partial charge in [-0.15, -0.1) is 0 Å². The predicted octanol–water partition coefficient (Wildman–Crippen LogP) is 4.17. The normalized spacial score (nSPS) is 10.6. The highest BCUT2D eigenvalue weighted by molar-refractivity contribution is 5.99. The average molecular weight is 426 g/mol. The first kappa shape index (κ1) is 23.9. The molecule has 0 saturated carbocycles. The summed E-state index contributed by atoms with van der Waals surface area (Å²) in [4.78, 5) is 36.5. The summed E-state index contributed by atoms with van der Waals surface area (Å²) in [5.74, 6) is 0.426. The lowest BCUT2D eigenvalue weighted by Gasteiger charge is -2.11. The van der Waals surface area contributed by atoms with Gasteiger partial charge in [0, 0.05) is 23.2 Å². The summed E-state index contributed by atoms with van der Waals surface area (Å²) in [5.41, 5.74) is 6.14. The number of amides is 3. The molecule has 31 heavy (non-hydrogen) atoms. The van der Waals surface area contributed by atoms with E-state index in [1.54, 1.807) is 48.5 Å². The smallest absolute Gasteiger partial charge is 0.269 e. The zero-order valence-corrected chi connectivity index (χ0v) is 18.5. The van der Waals surface area contributed by atoms with E-state index in [1.807, 2.05) is 13.8 Å². The lowest BCUT2D eigenvalue weighted by atomic mass is 10.1. The van der Waals surface area contributed by atoms with Crippen molar-refractivity contribution in [1.29, 1.82) is 0 Å². The summed E-state index contributed by atoms with van der Waals surface area (Å²) in [6.45, 7) is 8.75. The number of hydrazine groups is 1. The van der Waals surface area contributed by atoms with E-state index in [9.17, 15) is 14.4 Å². The van der Waals surface area contributed by atoms with Crippen LogP contribution in [-0.2, 0) is 4.79 Å². The fraction of sp³-hybridized carbons (Fsp3) is 0.375. The molecule has 0 spiro atoms. The van der Waals surface area contributed by atoms with Crippen molar-refractivity contribution in [2.45, 2.75) is 40.5 Å². The molecular weight excluding hydrogens is 394 g/mol. The number of carbonyl (C=O) groups is 3. The first-order valence-electron chi connectivity index (χ1n) is 10.5. The highest BCUT2D eigenvalue weighted by Crippen LogP contribution is 2.15. The minimum atomic E-state index is -0.460. The number of hydrogen-bond donors (Lipinski definition) is 3. The van der Waals surface area contributed by atoms with Gasteiger partial charge in [-0.3, -0.25) is 25.2 Å². The van der Waals surface area contributed by atoms with E-state index < -0.39 is 11.8 Å². The van der Waals surface area contributed by atoms with Gasteiger partial charge in [0.25, 0.3) is 11.8 Å². The van der Waals surface area contributed by atoms with Crippen LogP contribution >= 0.6 is 0 Å². The zero-order valence-electron chi connectivity index (χ0n) is 18.5. The van der Waals surface area contributed by atoms with Gasteiger partial charge in [0.05, 0.1) is 6.61 Å². The quantitative estimate of drug-likeness (QED) is 0.525. The van der Waals surface area contributed by atoms with Crippen LogP contribution in [0.1, 0.15) is 61.3 Å². The maximum atomic E-state index is 12.3. The van der Waals surface area contributed by atoms with Gasteiger partial charge < -0.3 is 10.1 Å². The van der Waals surface area contributed by atoms with E-state index >= 15 is 0 Å². The van der Waals surface area contributed by atoms with Crippen LogP contribution in [0.2, 0.25) is 0 Å². The summed E-state index contributed by atoms with van der Waals surface area (Å²) in [7, 11) is 0. The van der Waals surface area contributed by atoms with Crippen LogP contribution in [0.25, 0.3) is 0 Å². The Kier molecular flexibility index (Phi) is 9.06. The van der Waals surface area contributed by atoms with Gasteiger partial charge in [0.1, 0.15) is 5.75 Å². The number of carbonyl (C=O) groups excluding carboxylic acids is 3. The number of anilines is 1. The standard InChI is InChI=1S/C24H31N3O4/c1-16(2)12-13-31-21-7-5-6-19(15-21)24(30)27-26-23(29)18-8-10-20(11-9-18)25-22(28)14-17(3)4/h5-11,15-17H,12-14H2,1-4H3,(H,25,28)(H,26,29)(H,27,30). The van der Waals surface area contributed by atoms with Crippen LogP contribution in [-0.4, -0.2) is 24.3 Å². The Hall–Kier alpha value is -3.35. The van der Waals surface area contributed by atoms with Crippen molar-refractivity contribution in [3.8, 4) is 5.75 Å². The van der Waals surface area contributed by atoms with Gasteiger partial charge in [0.15, 0.2) is 0 Å². The molecule has 7 nitrogen and oxygen atoms in total. The van der Waals surface area contributed by atoms with Crippen LogP contribution in [0.15, 0.2) is 48.5 Å². The zero-order chi connectivity index (χ0) is 22.8.